The van der Waals surface area contributed by atoms with Gasteiger partial charge in [-0.25, -0.2) is 4.57 Å². The summed E-state index contributed by atoms with van der Waals surface area (Å²) < 4.78 is 16.3. The summed E-state index contributed by atoms with van der Waals surface area (Å²) in [7, 11) is -4.44. The normalized spacial score (nSPS) is 13.7. The van der Waals surface area contributed by atoms with Gasteiger partial charge >= 0.3 is 7.82 Å². The molecule has 5 heteroatoms. The van der Waals surface area contributed by atoms with Crippen LogP contribution in [0, 0.1) is 11.8 Å². The summed E-state index contributed by atoms with van der Waals surface area (Å²) in [4.78, 5) is 18.2. The molecule has 0 saturated carbocycles. The molecule has 0 heterocycles. The lowest BCUT2D eigenvalue weighted by Crippen LogP contribution is -2.42. The molecule has 2 N–H and O–H groups in total. The lowest BCUT2D eigenvalue weighted by Gasteiger charge is -2.41. The van der Waals surface area contributed by atoms with Gasteiger partial charge in [-0.3, -0.25) is 4.52 Å². The molecule has 0 unspecified atom stereocenters. The Kier molecular flexibility index (Phi) is 6.93. The SMILES string of the molecule is CCCCCC(OP(=O)(O)O)(C(C)C)C(C)C. The highest BCUT2D eigenvalue weighted by molar-refractivity contribution is 7.46. The Bertz CT molecular complexity index is 249. The summed E-state index contributed by atoms with van der Waals surface area (Å²) in [6, 6.07) is 0. The number of hydrogen-bond donors (Lipinski definition) is 2. The Hall–Kier alpha value is 0.110. The van der Waals surface area contributed by atoms with Crippen LogP contribution in [0.4, 0.5) is 0 Å². The molecule has 0 spiro atoms. The van der Waals surface area contributed by atoms with Gasteiger partial charge in [-0.2, -0.15) is 0 Å². The van der Waals surface area contributed by atoms with Crippen molar-refractivity contribution in [3.8, 4) is 0 Å². The van der Waals surface area contributed by atoms with Crippen molar-refractivity contribution in [2.75, 3.05) is 0 Å². The van der Waals surface area contributed by atoms with E-state index in [1.54, 1.807) is 0 Å². The topological polar surface area (TPSA) is 66.8 Å². The zero-order valence-corrected chi connectivity index (χ0v) is 12.5. The second-order valence-corrected chi connectivity index (χ2v) is 6.47. The zero-order valence-electron chi connectivity index (χ0n) is 11.6. The number of hydrogen-bond acceptors (Lipinski definition) is 2. The molecule has 0 atom stereocenters. The molecule has 0 amide bonds. The number of phosphoric ester groups is 1. The van der Waals surface area contributed by atoms with Crippen LogP contribution < -0.4 is 0 Å². The highest BCUT2D eigenvalue weighted by Gasteiger charge is 2.42. The summed E-state index contributed by atoms with van der Waals surface area (Å²) in [5.41, 5.74) is -0.728. The van der Waals surface area contributed by atoms with Crippen molar-refractivity contribution in [2.45, 2.75) is 65.9 Å². The minimum atomic E-state index is -4.44. The summed E-state index contributed by atoms with van der Waals surface area (Å²) in [5.74, 6) is 0.152. The Morgan fingerprint density at radius 2 is 1.59 bits per heavy atom. The number of unbranched alkanes of at least 4 members (excludes halogenated alkanes) is 2. The molecule has 0 aliphatic heterocycles. The smallest absolute Gasteiger partial charge is 0.303 e. The molecule has 0 rings (SSSR count). The van der Waals surface area contributed by atoms with Gasteiger partial charge in [0.1, 0.15) is 0 Å². The van der Waals surface area contributed by atoms with E-state index in [1.807, 2.05) is 27.7 Å². The van der Waals surface area contributed by atoms with Gasteiger partial charge in [0.15, 0.2) is 0 Å². The van der Waals surface area contributed by atoms with Crippen LogP contribution in [-0.4, -0.2) is 15.4 Å². The molecule has 4 nitrogen and oxygen atoms in total. The first-order valence-electron chi connectivity index (χ1n) is 6.42. The monoisotopic (exact) mass is 266 g/mol. The molecular formula is C12H27O4P. The van der Waals surface area contributed by atoms with Gasteiger partial charge in [-0.05, 0) is 18.3 Å². The van der Waals surface area contributed by atoms with E-state index in [-0.39, 0.29) is 11.8 Å². The van der Waals surface area contributed by atoms with E-state index in [2.05, 4.69) is 6.92 Å². The molecule has 0 saturated heterocycles. The third-order valence-corrected chi connectivity index (χ3v) is 3.99. The lowest BCUT2D eigenvalue weighted by molar-refractivity contribution is -0.0506. The highest BCUT2D eigenvalue weighted by atomic mass is 31.2. The van der Waals surface area contributed by atoms with Crippen LogP contribution in [0.2, 0.25) is 0 Å². The van der Waals surface area contributed by atoms with Crippen molar-refractivity contribution in [2.24, 2.45) is 11.8 Å². The van der Waals surface area contributed by atoms with Crippen LogP contribution in [0.5, 0.6) is 0 Å². The van der Waals surface area contributed by atoms with E-state index in [9.17, 15) is 4.57 Å². The van der Waals surface area contributed by atoms with Crippen LogP contribution in [-0.2, 0) is 9.09 Å². The van der Waals surface area contributed by atoms with Crippen LogP contribution >= 0.6 is 7.82 Å². The standard InChI is InChI=1S/C12H27O4P/c1-6-7-8-9-12(10(2)3,11(4)5)16-17(13,14)15/h10-11H,6-9H2,1-5H3,(H2,13,14,15). The van der Waals surface area contributed by atoms with Crippen molar-refractivity contribution in [3.63, 3.8) is 0 Å². The van der Waals surface area contributed by atoms with Crippen molar-refractivity contribution in [1.82, 2.24) is 0 Å². The first-order chi connectivity index (χ1) is 7.65. The van der Waals surface area contributed by atoms with Crippen LogP contribution in [0.3, 0.4) is 0 Å². The van der Waals surface area contributed by atoms with Gasteiger partial charge in [0.2, 0.25) is 0 Å². The first-order valence-corrected chi connectivity index (χ1v) is 7.95. The molecule has 104 valence electrons. The van der Waals surface area contributed by atoms with Crippen molar-refractivity contribution < 1.29 is 18.9 Å². The third kappa shape index (κ3) is 5.52. The van der Waals surface area contributed by atoms with Gasteiger partial charge in [-0.1, -0.05) is 53.9 Å². The fraction of sp³-hybridized carbons (Fsp3) is 1.00. The molecule has 0 aromatic carbocycles. The summed E-state index contributed by atoms with van der Waals surface area (Å²) in [6.45, 7) is 9.95. The van der Waals surface area contributed by atoms with E-state index in [4.69, 9.17) is 14.3 Å². The second kappa shape index (κ2) is 6.89. The second-order valence-electron chi connectivity index (χ2n) is 5.30. The zero-order chi connectivity index (χ0) is 13.7. The fourth-order valence-corrected chi connectivity index (χ4v) is 3.33. The lowest BCUT2D eigenvalue weighted by atomic mass is 9.77. The minimum Gasteiger partial charge on any atom is -0.303 e. The molecular weight excluding hydrogens is 239 g/mol. The summed E-state index contributed by atoms with van der Waals surface area (Å²) in [5, 5.41) is 0. The van der Waals surface area contributed by atoms with E-state index in [1.165, 1.54) is 0 Å². The maximum atomic E-state index is 11.2. The number of rotatable bonds is 8. The molecule has 0 aromatic rings. The average molecular weight is 266 g/mol. The van der Waals surface area contributed by atoms with E-state index < -0.39 is 13.4 Å². The third-order valence-electron chi connectivity index (χ3n) is 3.41. The molecule has 0 aliphatic carbocycles. The predicted octanol–water partition coefficient (Wildman–Crippen LogP) is 3.73. The fourth-order valence-electron chi connectivity index (χ4n) is 2.37. The average Bonchev–Trinajstić information content (AvgIpc) is 2.13. The van der Waals surface area contributed by atoms with Gasteiger partial charge in [0, 0.05) is 0 Å². The van der Waals surface area contributed by atoms with Crippen molar-refractivity contribution in [3.05, 3.63) is 0 Å². The molecule has 0 radical (unpaired) electrons. The minimum absolute atomic E-state index is 0.0759. The molecule has 0 aliphatic rings. The molecule has 17 heavy (non-hydrogen) atoms. The Morgan fingerprint density at radius 3 is 1.88 bits per heavy atom. The van der Waals surface area contributed by atoms with E-state index >= 15 is 0 Å². The Balaban J connectivity index is 4.94. The summed E-state index contributed by atoms with van der Waals surface area (Å²) >= 11 is 0. The molecule has 0 bridgehead atoms. The van der Waals surface area contributed by atoms with Gasteiger partial charge in [0.25, 0.3) is 0 Å². The maximum absolute atomic E-state index is 11.2. The quantitative estimate of drug-likeness (QED) is 0.519. The van der Waals surface area contributed by atoms with Gasteiger partial charge < -0.3 is 9.79 Å². The maximum Gasteiger partial charge on any atom is 0.470 e. The van der Waals surface area contributed by atoms with Crippen LogP contribution in [0.25, 0.3) is 0 Å². The Morgan fingerprint density at radius 1 is 1.12 bits per heavy atom. The summed E-state index contributed by atoms with van der Waals surface area (Å²) in [6.07, 6.45) is 3.78. The van der Waals surface area contributed by atoms with E-state index in [0.717, 1.165) is 19.3 Å². The van der Waals surface area contributed by atoms with Crippen molar-refractivity contribution in [1.29, 1.82) is 0 Å². The highest BCUT2D eigenvalue weighted by Crippen LogP contribution is 2.49. The van der Waals surface area contributed by atoms with Crippen LogP contribution in [0.15, 0.2) is 0 Å². The van der Waals surface area contributed by atoms with Crippen LogP contribution in [0.1, 0.15) is 60.3 Å². The van der Waals surface area contributed by atoms with Gasteiger partial charge in [-0.15, -0.1) is 0 Å². The van der Waals surface area contributed by atoms with Crippen molar-refractivity contribution >= 4 is 7.82 Å². The predicted molar refractivity (Wildman–Crippen MR) is 69.7 cm³/mol. The number of phosphoric acid groups is 1. The largest absolute Gasteiger partial charge is 0.470 e. The Labute approximate surface area is 105 Å². The van der Waals surface area contributed by atoms with E-state index in [0.29, 0.717) is 6.42 Å². The first kappa shape index (κ1) is 17.1. The van der Waals surface area contributed by atoms with Gasteiger partial charge in [0.05, 0.1) is 5.60 Å². The molecule has 0 aromatic heterocycles. The molecule has 0 fully saturated rings.